The molecule has 1 saturated carbocycles. The van der Waals surface area contributed by atoms with Gasteiger partial charge in [-0.3, -0.25) is 4.79 Å². The molecule has 1 aromatic heterocycles. The molecule has 0 aliphatic heterocycles. The van der Waals surface area contributed by atoms with Gasteiger partial charge in [0, 0.05) is 32.7 Å². The van der Waals surface area contributed by atoms with Crippen LogP contribution in [-0.2, 0) is 10.9 Å². The Kier molecular flexibility index (Phi) is 6.35. The molecule has 9 heteroatoms. The van der Waals surface area contributed by atoms with Gasteiger partial charge in [0.15, 0.2) is 0 Å². The number of alkyl halides is 3. The number of hydrogen-bond donors (Lipinski definition) is 2. The minimum atomic E-state index is -4.43. The number of methoxy groups -OCH3 is 1. The van der Waals surface area contributed by atoms with Crippen LogP contribution in [0.3, 0.4) is 0 Å². The zero-order chi connectivity index (χ0) is 20.1. The monoisotopic (exact) mass is 396 g/mol. The van der Waals surface area contributed by atoms with Crippen LogP contribution >= 0.6 is 0 Å². The first-order valence-corrected chi connectivity index (χ1v) is 9.15. The van der Waals surface area contributed by atoms with Gasteiger partial charge in [-0.25, -0.2) is 4.68 Å². The fourth-order valence-electron chi connectivity index (χ4n) is 2.96. The lowest BCUT2D eigenvalue weighted by Gasteiger charge is -2.12. The zero-order valence-electron chi connectivity index (χ0n) is 15.6. The number of carbonyl (C=O) groups is 1. The van der Waals surface area contributed by atoms with E-state index in [4.69, 9.17) is 4.74 Å². The minimum Gasteiger partial charge on any atom is -0.383 e. The molecule has 3 rings (SSSR count). The molecule has 6 nitrogen and oxygen atoms in total. The molecule has 28 heavy (non-hydrogen) atoms. The summed E-state index contributed by atoms with van der Waals surface area (Å²) in [7, 11) is 1.62. The molecule has 1 amide bonds. The van der Waals surface area contributed by atoms with Gasteiger partial charge in [-0.15, -0.1) is 0 Å². The number of rotatable bonds is 9. The fraction of sp³-hybridized carbons (Fsp3) is 0.474. The van der Waals surface area contributed by atoms with E-state index in [1.807, 2.05) is 0 Å². The predicted molar refractivity (Wildman–Crippen MR) is 97.6 cm³/mol. The molecule has 0 saturated heterocycles. The lowest BCUT2D eigenvalue weighted by atomic mass is 10.1. The predicted octanol–water partition coefficient (Wildman–Crippen LogP) is 2.73. The smallest absolute Gasteiger partial charge is 0.383 e. The van der Waals surface area contributed by atoms with Crippen molar-refractivity contribution < 1.29 is 22.7 Å². The summed E-state index contributed by atoms with van der Waals surface area (Å²) >= 11 is 0. The molecular weight excluding hydrogens is 373 g/mol. The summed E-state index contributed by atoms with van der Waals surface area (Å²) in [6, 6.07) is 4.99. The Labute approximate surface area is 161 Å². The topological polar surface area (TPSA) is 68.2 Å². The number of halogens is 3. The van der Waals surface area contributed by atoms with Crippen molar-refractivity contribution in [3.05, 3.63) is 47.3 Å². The Hall–Kier alpha value is -2.39. The third kappa shape index (κ3) is 4.90. The quantitative estimate of drug-likeness (QED) is 0.640. The average Bonchev–Trinajstić information content (AvgIpc) is 3.41. The van der Waals surface area contributed by atoms with Crippen molar-refractivity contribution in [1.29, 1.82) is 0 Å². The molecule has 0 radical (unpaired) electrons. The Morgan fingerprint density at radius 1 is 1.29 bits per heavy atom. The van der Waals surface area contributed by atoms with E-state index in [-0.39, 0.29) is 11.8 Å². The van der Waals surface area contributed by atoms with E-state index >= 15 is 0 Å². The first kappa shape index (κ1) is 20.3. The number of carbonyl (C=O) groups excluding carboxylic acids is 1. The molecular formula is C19H23F3N4O2. The zero-order valence-corrected chi connectivity index (χ0v) is 15.6. The van der Waals surface area contributed by atoms with E-state index in [1.165, 1.54) is 16.9 Å². The highest BCUT2D eigenvalue weighted by Gasteiger charge is 2.34. The molecule has 1 aliphatic rings. The minimum absolute atomic E-state index is 0.137. The molecule has 2 N–H and O–H groups in total. The van der Waals surface area contributed by atoms with E-state index in [0.717, 1.165) is 25.0 Å². The first-order chi connectivity index (χ1) is 13.4. The molecule has 1 heterocycles. The SMILES string of the molecule is COCCNCCNC(=O)c1cnn(-c2cccc(C(F)(F)F)c2)c1C1CC1. The van der Waals surface area contributed by atoms with Gasteiger partial charge < -0.3 is 15.4 Å². The maximum atomic E-state index is 13.0. The van der Waals surface area contributed by atoms with Gasteiger partial charge in [0.05, 0.1) is 35.3 Å². The van der Waals surface area contributed by atoms with Gasteiger partial charge in [-0.2, -0.15) is 18.3 Å². The van der Waals surface area contributed by atoms with Gasteiger partial charge in [0.2, 0.25) is 0 Å². The number of ether oxygens (including phenoxy) is 1. The number of benzene rings is 1. The van der Waals surface area contributed by atoms with Crippen molar-refractivity contribution in [2.75, 3.05) is 33.4 Å². The van der Waals surface area contributed by atoms with Crippen LogP contribution in [0.15, 0.2) is 30.5 Å². The second kappa shape index (κ2) is 8.74. The van der Waals surface area contributed by atoms with Crippen LogP contribution in [0.25, 0.3) is 5.69 Å². The Morgan fingerprint density at radius 3 is 2.75 bits per heavy atom. The van der Waals surface area contributed by atoms with Crippen molar-refractivity contribution in [3.63, 3.8) is 0 Å². The number of nitrogens with zero attached hydrogens (tertiary/aromatic N) is 2. The highest BCUT2D eigenvalue weighted by Crippen LogP contribution is 2.42. The lowest BCUT2D eigenvalue weighted by Crippen LogP contribution is -2.33. The van der Waals surface area contributed by atoms with Crippen molar-refractivity contribution in [2.45, 2.75) is 24.9 Å². The number of aromatic nitrogens is 2. The summed E-state index contributed by atoms with van der Waals surface area (Å²) in [5, 5.41) is 10.2. The van der Waals surface area contributed by atoms with E-state index in [2.05, 4.69) is 15.7 Å². The second-order valence-electron chi connectivity index (χ2n) is 6.68. The van der Waals surface area contributed by atoms with Crippen molar-refractivity contribution in [3.8, 4) is 5.69 Å². The molecule has 1 fully saturated rings. The average molecular weight is 396 g/mol. The third-order valence-corrected chi connectivity index (χ3v) is 4.50. The highest BCUT2D eigenvalue weighted by molar-refractivity contribution is 5.95. The van der Waals surface area contributed by atoms with Gasteiger partial charge in [0.25, 0.3) is 5.91 Å². The van der Waals surface area contributed by atoms with Crippen LogP contribution in [0.1, 0.15) is 40.4 Å². The molecule has 1 aromatic carbocycles. The highest BCUT2D eigenvalue weighted by atomic mass is 19.4. The Morgan fingerprint density at radius 2 is 2.07 bits per heavy atom. The largest absolute Gasteiger partial charge is 0.416 e. The maximum absolute atomic E-state index is 13.0. The second-order valence-corrected chi connectivity index (χ2v) is 6.68. The summed E-state index contributed by atoms with van der Waals surface area (Å²) in [5.41, 5.74) is 0.647. The van der Waals surface area contributed by atoms with E-state index in [0.29, 0.717) is 43.2 Å². The number of hydrogen-bond acceptors (Lipinski definition) is 4. The first-order valence-electron chi connectivity index (χ1n) is 9.15. The molecule has 1 aliphatic carbocycles. The van der Waals surface area contributed by atoms with Gasteiger partial charge in [-0.05, 0) is 31.0 Å². The van der Waals surface area contributed by atoms with Crippen LogP contribution in [0.5, 0.6) is 0 Å². The lowest BCUT2D eigenvalue weighted by molar-refractivity contribution is -0.137. The van der Waals surface area contributed by atoms with Crippen molar-refractivity contribution in [2.24, 2.45) is 0 Å². The fourth-order valence-corrected chi connectivity index (χ4v) is 2.96. The third-order valence-electron chi connectivity index (χ3n) is 4.50. The van der Waals surface area contributed by atoms with Crippen LogP contribution in [-0.4, -0.2) is 49.0 Å². The molecule has 152 valence electrons. The van der Waals surface area contributed by atoms with Crippen molar-refractivity contribution in [1.82, 2.24) is 20.4 Å². The van der Waals surface area contributed by atoms with Gasteiger partial charge in [-0.1, -0.05) is 6.07 Å². The van der Waals surface area contributed by atoms with Crippen LogP contribution in [0.2, 0.25) is 0 Å². The molecule has 2 aromatic rings. The van der Waals surface area contributed by atoms with E-state index in [9.17, 15) is 18.0 Å². The van der Waals surface area contributed by atoms with E-state index in [1.54, 1.807) is 13.2 Å². The Bertz CT molecular complexity index is 816. The summed E-state index contributed by atoms with van der Waals surface area (Å²) in [6.07, 6.45) is -1.21. The molecule has 0 atom stereocenters. The van der Waals surface area contributed by atoms with Crippen LogP contribution in [0.4, 0.5) is 13.2 Å². The standard InChI is InChI=1S/C19H23F3N4O2/c1-28-10-9-23-7-8-24-18(27)16-12-25-26(17(16)13-5-6-13)15-4-2-3-14(11-15)19(20,21)22/h2-4,11-13,23H,5-10H2,1H3,(H,24,27). The van der Waals surface area contributed by atoms with Gasteiger partial charge in [0.1, 0.15) is 0 Å². The number of nitrogens with one attached hydrogen (secondary N) is 2. The normalized spacial score (nSPS) is 14.3. The maximum Gasteiger partial charge on any atom is 0.416 e. The van der Waals surface area contributed by atoms with Crippen LogP contribution < -0.4 is 10.6 Å². The van der Waals surface area contributed by atoms with Crippen LogP contribution in [0, 0.1) is 0 Å². The molecule has 0 spiro atoms. The summed E-state index contributed by atoms with van der Waals surface area (Å²) < 4.78 is 45.5. The number of amides is 1. The summed E-state index contributed by atoms with van der Waals surface area (Å²) in [5.74, 6) is -0.133. The molecule has 0 unspecified atom stereocenters. The summed E-state index contributed by atoms with van der Waals surface area (Å²) in [6.45, 7) is 2.30. The van der Waals surface area contributed by atoms with E-state index < -0.39 is 11.7 Å². The van der Waals surface area contributed by atoms with Gasteiger partial charge >= 0.3 is 6.18 Å². The Balaban J connectivity index is 1.75. The van der Waals surface area contributed by atoms with Crippen molar-refractivity contribution >= 4 is 5.91 Å². The summed E-state index contributed by atoms with van der Waals surface area (Å²) in [4.78, 5) is 12.6. The molecule has 0 bridgehead atoms.